The summed E-state index contributed by atoms with van der Waals surface area (Å²) in [5, 5.41) is 18.3. The summed E-state index contributed by atoms with van der Waals surface area (Å²) in [6.45, 7) is 7.32. The Labute approximate surface area is 249 Å². The van der Waals surface area contributed by atoms with E-state index in [0.717, 1.165) is 11.5 Å². The second-order valence-corrected chi connectivity index (χ2v) is 12.2. The fourth-order valence-electron chi connectivity index (χ4n) is 4.04. The summed E-state index contributed by atoms with van der Waals surface area (Å²) in [4.78, 5) is 49.1. The van der Waals surface area contributed by atoms with Crippen LogP contribution >= 0.6 is 31.0 Å². The minimum Gasteiger partial charge on any atom is -0.477 e. The SMILES string of the molecule is C=CCO/N=C(\C(=O)NC1C(=O)N2C(C(=O)O)=C(C[n+]3ccccc3)CS[C@H]12)c1nsc(NP(=O)(OCC)OCC)n1. The smallest absolute Gasteiger partial charge is 0.434 e. The van der Waals surface area contributed by atoms with E-state index in [1.54, 1.807) is 26.2 Å². The number of oxime groups is 1. The highest BCUT2D eigenvalue weighted by Gasteiger charge is 2.55. The molecule has 2 aliphatic heterocycles. The first-order valence-electron chi connectivity index (χ1n) is 12.7. The lowest BCUT2D eigenvalue weighted by Gasteiger charge is -2.49. The van der Waals surface area contributed by atoms with Gasteiger partial charge in [-0.2, -0.15) is 9.36 Å². The molecule has 0 spiro atoms. The van der Waals surface area contributed by atoms with E-state index in [9.17, 15) is 24.1 Å². The van der Waals surface area contributed by atoms with Crippen LogP contribution in [0.25, 0.3) is 0 Å². The van der Waals surface area contributed by atoms with Crippen molar-refractivity contribution >= 4 is 59.7 Å². The molecule has 0 aromatic carbocycles. The van der Waals surface area contributed by atoms with Gasteiger partial charge < -0.3 is 15.3 Å². The second kappa shape index (κ2) is 14.0. The number of hydrogen-bond donors (Lipinski definition) is 3. The van der Waals surface area contributed by atoms with Gasteiger partial charge in [0.05, 0.1) is 13.2 Å². The van der Waals surface area contributed by atoms with E-state index >= 15 is 0 Å². The number of aliphatic carboxylic acids is 1. The van der Waals surface area contributed by atoms with E-state index in [1.165, 1.54) is 22.7 Å². The molecule has 15 nitrogen and oxygen atoms in total. The lowest BCUT2D eigenvalue weighted by Crippen LogP contribution is -2.71. The van der Waals surface area contributed by atoms with Crippen LogP contribution < -0.4 is 15.0 Å². The van der Waals surface area contributed by atoms with Crippen molar-refractivity contribution in [1.82, 2.24) is 19.6 Å². The fraction of sp³-hybridized carbons (Fsp3) is 0.375. The van der Waals surface area contributed by atoms with Crippen LogP contribution in [0.2, 0.25) is 0 Å². The first kappa shape index (κ1) is 31.3. The molecule has 2 amide bonds. The molecule has 3 N–H and O–H groups in total. The Morgan fingerprint density at radius 3 is 2.64 bits per heavy atom. The highest BCUT2D eigenvalue weighted by molar-refractivity contribution is 8.00. The maximum absolute atomic E-state index is 13.3. The Morgan fingerprint density at radius 1 is 1.29 bits per heavy atom. The number of β-lactam (4-membered cyclic amide) rings is 1. The minimum atomic E-state index is -3.73. The van der Waals surface area contributed by atoms with Crippen molar-refractivity contribution in [3.05, 3.63) is 60.3 Å². The van der Waals surface area contributed by atoms with Crippen LogP contribution in [0.5, 0.6) is 0 Å². The van der Waals surface area contributed by atoms with Crippen molar-refractivity contribution in [2.75, 3.05) is 30.7 Å². The van der Waals surface area contributed by atoms with Crippen LogP contribution in [0.15, 0.2) is 59.7 Å². The summed E-state index contributed by atoms with van der Waals surface area (Å²) >= 11 is 2.12. The van der Waals surface area contributed by atoms with E-state index in [2.05, 4.69) is 31.5 Å². The Morgan fingerprint density at radius 2 is 2.00 bits per heavy atom. The Hall–Kier alpha value is -3.63. The third-order valence-corrected chi connectivity index (χ3v) is 9.52. The normalized spacial score (nSPS) is 18.7. The molecular weight excluding hydrogens is 609 g/mol. The van der Waals surface area contributed by atoms with Crippen molar-refractivity contribution in [2.24, 2.45) is 5.16 Å². The van der Waals surface area contributed by atoms with Crippen molar-refractivity contribution in [1.29, 1.82) is 0 Å². The number of carboxylic acids is 1. The molecule has 2 aliphatic rings. The quantitative estimate of drug-likeness (QED) is 0.0489. The lowest BCUT2D eigenvalue weighted by molar-refractivity contribution is -0.689. The standard InChI is InChI=1S/C24H28N7O8PS2/c1-4-12-37-27-16(19-26-24(42-29-19)28-40(36,38-5-2)39-6-3)20(32)25-17-21(33)31-18(23(34)35)15(14-41-22(17)31)13-30-10-8-7-9-11-30/h4,7-11,17,22H,1,5-6,12-14H2,2-3H3,(H2-,25,26,28,29,32,34,35,36)/p+1/b27-16-/t17?,22-/m1/s1. The van der Waals surface area contributed by atoms with Gasteiger partial charge in [0.25, 0.3) is 11.8 Å². The van der Waals surface area contributed by atoms with Crippen LogP contribution in [-0.2, 0) is 39.4 Å². The maximum atomic E-state index is 13.3. The number of amides is 2. The minimum absolute atomic E-state index is 0.0283. The molecule has 1 unspecified atom stereocenters. The number of aromatic nitrogens is 3. The molecule has 0 radical (unpaired) electrons. The highest BCUT2D eigenvalue weighted by Crippen LogP contribution is 2.48. The van der Waals surface area contributed by atoms with E-state index in [1.807, 2.05) is 22.8 Å². The van der Waals surface area contributed by atoms with Gasteiger partial charge in [-0.1, -0.05) is 23.9 Å². The van der Waals surface area contributed by atoms with Gasteiger partial charge in [-0.15, -0.1) is 11.8 Å². The molecule has 224 valence electrons. The molecule has 2 aromatic rings. The average molecular weight is 639 g/mol. The number of fused-ring (bicyclic) bond motifs is 1. The molecule has 0 bridgehead atoms. The molecule has 42 heavy (non-hydrogen) atoms. The van der Waals surface area contributed by atoms with Gasteiger partial charge in [-0.25, -0.2) is 13.9 Å². The van der Waals surface area contributed by atoms with E-state index in [4.69, 9.17) is 13.9 Å². The zero-order valence-electron chi connectivity index (χ0n) is 22.7. The summed E-state index contributed by atoms with van der Waals surface area (Å²) in [5.41, 5.74) is 0.117. The van der Waals surface area contributed by atoms with Gasteiger partial charge in [0, 0.05) is 35.0 Å². The van der Waals surface area contributed by atoms with Gasteiger partial charge in [0.2, 0.25) is 16.7 Å². The number of carbonyl (C=O) groups is 3. The van der Waals surface area contributed by atoms with Crippen LogP contribution in [0.1, 0.15) is 19.7 Å². The molecule has 0 aliphatic carbocycles. The van der Waals surface area contributed by atoms with Crippen molar-refractivity contribution in [3.8, 4) is 0 Å². The molecule has 0 saturated carbocycles. The maximum Gasteiger partial charge on any atom is 0.434 e. The average Bonchev–Trinajstić information content (AvgIpc) is 3.41. The van der Waals surface area contributed by atoms with Crippen LogP contribution in [0, 0.1) is 0 Å². The van der Waals surface area contributed by atoms with Gasteiger partial charge in [0.1, 0.15) is 23.7 Å². The number of carbonyl (C=O) groups excluding carboxylic acids is 2. The summed E-state index contributed by atoms with van der Waals surface area (Å²) in [7, 11) is -3.73. The van der Waals surface area contributed by atoms with E-state index in [0.29, 0.717) is 17.9 Å². The molecular formula is C24H29N7O8PS2+. The molecule has 1 fully saturated rings. The number of hydrogen-bond acceptors (Lipinski definition) is 12. The number of anilines is 1. The number of rotatable bonds is 15. The molecule has 4 rings (SSSR count). The third-order valence-electron chi connectivity index (χ3n) is 5.72. The topological polar surface area (TPSA) is 186 Å². The molecule has 4 heterocycles. The van der Waals surface area contributed by atoms with Gasteiger partial charge in [-0.3, -0.25) is 28.6 Å². The Bertz CT molecular complexity index is 1440. The lowest BCUT2D eigenvalue weighted by atomic mass is 10.0. The molecule has 1 saturated heterocycles. The monoisotopic (exact) mass is 638 g/mol. The first-order valence-corrected chi connectivity index (χ1v) is 16.0. The molecule has 2 aromatic heterocycles. The van der Waals surface area contributed by atoms with Gasteiger partial charge >= 0.3 is 13.7 Å². The number of nitrogens with one attached hydrogen (secondary N) is 2. The highest BCUT2D eigenvalue weighted by atomic mass is 32.2. The molecule has 18 heteroatoms. The number of carboxylic acid groups (broad SMARTS) is 1. The predicted molar refractivity (Wildman–Crippen MR) is 153 cm³/mol. The predicted octanol–water partition coefficient (Wildman–Crippen LogP) is 1.76. The largest absolute Gasteiger partial charge is 0.477 e. The zero-order chi connectivity index (χ0) is 30.3. The second-order valence-electron chi connectivity index (χ2n) is 8.56. The Kier molecular flexibility index (Phi) is 10.5. The first-order chi connectivity index (χ1) is 20.2. The van der Waals surface area contributed by atoms with Gasteiger partial charge in [0.15, 0.2) is 18.9 Å². The molecule has 2 atom stereocenters. The van der Waals surface area contributed by atoms with Crippen LogP contribution in [0.4, 0.5) is 5.13 Å². The van der Waals surface area contributed by atoms with E-state index in [-0.39, 0.29) is 42.2 Å². The Balaban J connectivity index is 1.52. The van der Waals surface area contributed by atoms with Crippen LogP contribution in [-0.4, -0.2) is 79.8 Å². The third kappa shape index (κ3) is 7.04. The number of thioether (sulfide) groups is 1. The summed E-state index contributed by atoms with van der Waals surface area (Å²) in [6, 6.07) is 4.47. The summed E-state index contributed by atoms with van der Waals surface area (Å²) in [6.07, 6.45) is 5.02. The van der Waals surface area contributed by atoms with Crippen molar-refractivity contribution in [2.45, 2.75) is 31.8 Å². The van der Waals surface area contributed by atoms with E-state index < -0.39 is 36.9 Å². The number of nitrogens with zero attached hydrogens (tertiary/aromatic N) is 5. The van der Waals surface area contributed by atoms with Crippen molar-refractivity contribution in [3.63, 3.8) is 0 Å². The van der Waals surface area contributed by atoms with Crippen molar-refractivity contribution < 1.29 is 42.5 Å². The fourth-order valence-corrected chi connectivity index (χ4v) is 7.47. The summed E-state index contributed by atoms with van der Waals surface area (Å²) in [5.74, 6) is -2.46. The van der Waals surface area contributed by atoms with Crippen LogP contribution in [0.3, 0.4) is 0 Å². The van der Waals surface area contributed by atoms with Gasteiger partial charge in [-0.05, 0) is 13.8 Å². The number of pyridine rings is 1. The zero-order valence-corrected chi connectivity index (χ0v) is 25.2. The summed E-state index contributed by atoms with van der Waals surface area (Å²) < 4.78 is 29.1.